The van der Waals surface area contributed by atoms with E-state index < -0.39 is 11.8 Å². The van der Waals surface area contributed by atoms with Crippen LogP contribution in [-0.2, 0) is 16.0 Å². The molecule has 0 aliphatic heterocycles. The van der Waals surface area contributed by atoms with Gasteiger partial charge in [0.1, 0.15) is 11.9 Å². The topological polar surface area (TPSA) is 50.1 Å². The molecule has 0 N–H and O–H groups in total. The molecule has 0 bridgehead atoms. The van der Waals surface area contributed by atoms with Crippen molar-refractivity contribution in [1.82, 2.24) is 0 Å². The smallest absolute Gasteiger partial charge is 0.310 e. The molecule has 0 aliphatic carbocycles. The summed E-state index contributed by atoms with van der Waals surface area (Å²) < 4.78 is 18.0. The number of hydrogen-bond acceptors (Lipinski definition) is 3. The van der Waals surface area contributed by atoms with Crippen LogP contribution in [0.5, 0.6) is 0 Å². The molecular formula is C11H9ClFNO2. The summed E-state index contributed by atoms with van der Waals surface area (Å²) in [5.74, 6) is -1.15. The molecule has 5 heteroatoms. The summed E-state index contributed by atoms with van der Waals surface area (Å²) >= 11 is 5.62. The fraction of sp³-hybridized carbons (Fsp3) is 0.273. The molecule has 0 saturated heterocycles. The van der Waals surface area contributed by atoms with Gasteiger partial charge in [-0.1, -0.05) is 11.6 Å². The van der Waals surface area contributed by atoms with E-state index in [1.54, 1.807) is 6.92 Å². The summed E-state index contributed by atoms with van der Waals surface area (Å²) in [6.45, 7) is 1.90. The summed E-state index contributed by atoms with van der Waals surface area (Å²) in [6, 6.07) is 4.10. The average molecular weight is 242 g/mol. The van der Waals surface area contributed by atoms with Gasteiger partial charge in [0.2, 0.25) is 0 Å². The lowest BCUT2D eigenvalue weighted by atomic mass is 10.1. The first-order chi connectivity index (χ1) is 7.58. The number of halogens is 2. The molecular weight excluding hydrogens is 233 g/mol. The third-order valence-electron chi connectivity index (χ3n) is 1.90. The molecule has 1 aromatic carbocycles. The predicted octanol–water partition coefficient (Wildman–Crippen LogP) is 2.46. The second-order valence-electron chi connectivity index (χ2n) is 3.02. The van der Waals surface area contributed by atoms with E-state index in [-0.39, 0.29) is 29.2 Å². The largest absolute Gasteiger partial charge is 0.466 e. The standard InChI is InChI=1S/C11H9ClFNO2/c1-2-16-11(15)4-7-3-8(6-14)9(12)5-10(7)13/h3,5H,2,4H2,1H3. The molecule has 1 rings (SSSR count). The first-order valence-corrected chi connectivity index (χ1v) is 5.00. The zero-order valence-electron chi connectivity index (χ0n) is 8.59. The van der Waals surface area contributed by atoms with E-state index in [2.05, 4.69) is 4.74 Å². The van der Waals surface area contributed by atoms with Crippen LogP contribution in [0.2, 0.25) is 5.02 Å². The number of esters is 1. The SMILES string of the molecule is CCOC(=O)Cc1cc(C#N)c(Cl)cc1F. The summed E-state index contributed by atoms with van der Waals surface area (Å²) in [6.07, 6.45) is -0.203. The number of hydrogen-bond donors (Lipinski definition) is 0. The van der Waals surface area contributed by atoms with Crippen LogP contribution in [0.3, 0.4) is 0 Å². The maximum atomic E-state index is 13.4. The zero-order valence-corrected chi connectivity index (χ0v) is 9.34. The van der Waals surface area contributed by atoms with Gasteiger partial charge in [-0.2, -0.15) is 5.26 Å². The Morgan fingerprint density at radius 2 is 2.31 bits per heavy atom. The van der Waals surface area contributed by atoms with Gasteiger partial charge in [0.25, 0.3) is 0 Å². The molecule has 0 aromatic heterocycles. The van der Waals surface area contributed by atoms with Gasteiger partial charge in [0.05, 0.1) is 23.6 Å². The quantitative estimate of drug-likeness (QED) is 0.764. The highest BCUT2D eigenvalue weighted by molar-refractivity contribution is 6.31. The minimum absolute atomic E-state index is 0.0348. The van der Waals surface area contributed by atoms with Crippen LogP contribution in [0, 0.1) is 17.1 Å². The summed E-state index contributed by atoms with van der Waals surface area (Å²) in [4.78, 5) is 11.1. The second kappa shape index (κ2) is 5.47. The molecule has 3 nitrogen and oxygen atoms in total. The van der Waals surface area contributed by atoms with E-state index in [9.17, 15) is 9.18 Å². The third-order valence-corrected chi connectivity index (χ3v) is 2.21. The molecule has 0 unspecified atom stereocenters. The van der Waals surface area contributed by atoms with Crippen LogP contribution in [0.1, 0.15) is 18.1 Å². The van der Waals surface area contributed by atoms with E-state index in [1.165, 1.54) is 6.07 Å². The summed E-state index contributed by atoms with van der Waals surface area (Å²) in [5, 5.41) is 8.73. The molecule has 1 aromatic rings. The number of nitrogens with zero attached hydrogens (tertiary/aromatic N) is 1. The molecule has 0 aliphatic rings. The van der Waals surface area contributed by atoms with Gasteiger partial charge >= 0.3 is 5.97 Å². The molecule has 0 radical (unpaired) electrons. The van der Waals surface area contributed by atoms with E-state index >= 15 is 0 Å². The Morgan fingerprint density at radius 1 is 1.62 bits per heavy atom. The Balaban J connectivity index is 2.97. The van der Waals surface area contributed by atoms with Crippen molar-refractivity contribution in [1.29, 1.82) is 5.26 Å². The molecule has 16 heavy (non-hydrogen) atoms. The lowest BCUT2D eigenvalue weighted by molar-refractivity contribution is -0.142. The minimum Gasteiger partial charge on any atom is -0.466 e. The van der Waals surface area contributed by atoms with Gasteiger partial charge in [-0.3, -0.25) is 4.79 Å². The fourth-order valence-electron chi connectivity index (χ4n) is 1.18. The van der Waals surface area contributed by atoms with E-state index in [4.69, 9.17) is 16.9 Å². The Kier molecular flexibility index (Phi) is 4.27. The van der Waals surface area contributed by atoms with Crippen LogP contribution in [-0.4, -0.2) is 12.6 Å². The molecule has 84 valence electrons. The monoisotopic (exact) mass is 241 g/mol. The number of rotatable bonds is 3. The second-order valence-corrected chi connectivity index (χ2v) is 3.42. The maximum Gasteiger partial charge on any atom is 0.310 e. The summed E-state index contributed by atoms with van der Waals surface area (Å²) in [5.41, 5.74) is 0.252. The number of benzene rings is 1. The molecule has 0 fully saturated rings. The van der Waals surface area contributed by atoms with Crippen LogP contribution in [0.15, 0.2) is 12.1 Å². The summed E-state index contributed by atoms with van der Waals surface area (Å²) in [7, 11) is 0. The molecule has 0 saturated carbocycles. The molecule has 0 spiro atoms. The van der Waals surface area contributed by atoms with E-state index in [0.29, 0.717) is 0 Å². The van der Waals surface area contributed by atoms with Gasteiger partial charge in [0.15, 0.2) is 0 Å². The molecule has 0 amide bonds. The van der Waals surface area contributed by atoms with E-state index in [0.717, 1.165) is 6.07 Å². The van der Waals surface area contributed by atoms with Crippen LogP contribution in [0.25, 0.3) is 0 Å². The highest BCUT2D eigenvalue weighted by atomic mass is 35.5. The van der Waals surface area contributed by atoms with Crippen molar-refractivity contribution < 1.29 is 13.9 Å². The molecule has 0 atom stereocenters. The lowest BCUT2D eigenvalue weighted by Gasteiger charge is -2.05. The number of ether oxygens (including phenoxy) is 1. The molecule has 0 heterocycles. The van der Waals surface area contributed by atoms with Gasteiger partial charge < -0.3 is 4.74 Å². The Hall–Kier alpha value is -1.60. The number of carbonyl (C=O) groups is 1. The first-order valence-electron chi connectivity index (χ1n) is 4.62. The van der Waals surface area contributed by atoms with Crippen molar-refractivity contribution in [3.05, 3.63) is 34.1 Å². The Labute approximate surface area is 97.4 Å². The highest BCUT2D eigenvalue weighted by Gasteiger charge is 2.12. The van der Waals surface area contributed by atoms with Gasteiger partial charge in [-0.25, -0.2) is 4.39 Å². The van der Waals surface area contributed by atoms with Crippen molar-refractivity contribution in [3.63, 3.8) is 0 Å². The van der Waals surface area contributed by atoms with Crippen LogP contribution < -0.4 is 0 Å². The normalized spacial score (nSPS) is 9.62. The fourth-order valence-corrected chi connectivity index (χ4v) is 1.38. The third kappa shape index (κ3) is 2.94. The van der Waals surface area contributed by atoms with Gasteiger partial charge in [-0.05, 0) is 19.1 Å². The zero-order chi connectivity index (χ0) is 12.1. The van der Waals surface area contributed by atoms with Crippen molar-refractivity contribution in [2.75, 3.05) is 6.61 Å². The Bertz CT molecular complexity index is 454. The lowest BCUT2D eigenvalue weighted by Crippen LogP contribution is -2.09. The maximum absolute atomic E-state index is 13.4. The average Bonchev–Trinajstić information content (AvgIpc) is 2.22. The van der Waals surface area contributed by atoms with Gasteiger partial charge in [-0.15, -0.1) is 0 Å². The van der Waals surface area contributed by atoms with E-state index in [1.807, 2.05) is 6.07 Å². The van der Waals surface area contributed by atoms with Crippen molar-refractivity contribution in [2.45, 2.75) is 13.3 Å². The Morgan fingerprint density at radius 3 is 2.88 bits per heavy atom. The first kappa shape index (κ1) is 12.5. The highest BCUT2D eigenvalue weighted by Crippen LogP contribution is 2.20. The minimum atomic E-state index is -0.614. The van der Waals surface area contributed by atoms with Crippen molar-refractivity contribution in [3.8, 4) is 6.07 Å². The predicted molar refractivity (Wildman–Crippen MR) is 56.5 cm³/mol. The van der Waals surface area contributed by atoms with Crippen molar-refractivity contribution >= 4 is 17.6 Å². The van der Waals surface area contributed by atoms with Crippen molar-refractivity contribution in [2.24, 2.45) is 0 Å². The van der Waals surface area contributed by atoms with Crippen LogP contribution >= 0.6 is 11.6 Å². The van der Waals surface area contributed by atoms with Gasteiger partial charge in [0, 0.05) is 5.56 Å². The number of carbonyl (C=O) groups excluding carboxylic acids is 1. The number of nitriles is 1. The van der Waals surface area contributed by atoms with Crippen LogP contribution in [0.4, 0.5) is 4.39 Å².